The lowest BCUT2D eigenvalue weighted by Crippen LogP contribution is -2.50. The molecule has 1 saturated heterocycles. The normalized spacial score (nSPS) is 19.4. The molecule has 0 aromatic carbocycles. The lowest BCUT2D eigenvalue weighted by atomic mass is 9.95. The maximum absolute atomic E-state index is 12.6. The first kappa shape index (κ1) is 17.8. The van der Waals surface area contributed by atoms with Crippen molar-refractivity contribution in [1.29, 1.82) is 0 Å². The Morgan fingerprint density at radius 2 is 1.90 bits per heavy atom. The van der Waals surface area contributed by atoms with Gasteiger partial charge in [-0.3, -0.25) is 0 Å². The van der Waals surface area contributed by atoms with Crippen LogP contribution >= 0.6 is 0 Å². The van der Waals surface area contributed by atoms with Gasteiger partial charge in [-0.25, -0.2) is 4.79 Å². The Hall–Kier alpha value is -1.21. The number of hydrogen-bond donors (Lipinski definition) is 0. The largest absolute Gasteiger partial charge is 0.325 e. The zero-order chi connectivity index (χ0) is 16.3. The summed E-state index contributed by atoms with van der Waals surface area (Å²) in [6.45, 7) is 17.4. The fraction of sp³-hybridized carbons (Fsp3) is 0.706. The molecule has 3 nitrogen and oxygen atoms in total. The molecule has 118 valence electrons. The molecule has 21 heavy (non-hydrogen) atoms. The number of urea groups is 1. The van der Waals surface area contributed by atoms with Crippen molar-refractivity contribution in [3.8, 4) is 11.5 Å². The van der Waals surface area contributed by atoms with E-state index in [0.29, 0.717) is 0 Å². The number of allylic oxidation sites excluding steroid dienone is 1. The van der Waals surface area contributed by atoms with Crippen LogP contribution in [0, 0.1) is 11.5 Å². The summed E-state index contributed by atoms with van der Waals surface area (Å²) in [4.78, 5) is 16.5. The number of carbonyl (C=O) groups is 1. The van der Waals surface area contributed by atoms with Crippen molar-refractivity contribution in [3.63, 3.8) is 0 Å². The molecule has 0 radical (unpaired) electrons. The molecule has 0 aromatic heterocycles. The average molecular weight is 307 g/mol. The molecular weight excluding hydrogens is 276 g/mol. The molecule has 4 heteroatoms. The number of amides is 2. The lowest BCUT2D eigenvalue weighted by Gasteiger charge is -2.36. The van der Waals surface area contributed by atoms with Gasteiger partial charge in [-0.2, -0.15) is 0 Å². The first-order chi connectivity index (χ1) is 9.63. The SMILES string of the molecule is CCN(CC)C(=O)N1CC/C(=C\C#C[Si](C)(C)C)C1(C)C. The average Bonchev–Trinajstić information content (AvgIpc) is 2.65. The van der Waals surface area contributed by atoms with E-state index in [9.17, 15) is 4.79 Å². The number of rotatable bonds is 2. The Morgan fingerprint density at radius 1 is 1.33 bits per heavy atom. The van der Waals surface area contributed by atoms with Crippen LogP contribution in [0.2, 0.25) is 19.6 Å². The molecule has 0 spiro atoms. The third-order valence-electron chi connectivity index (χ3n) is 4.02. The zero-order valence-corrected chi connectivity index (χ0v) is 15.7. The second-order valence-corrected chi connectivity index (χ2v) is 11.9. The molecule has 1 heterocycles. The summed E-state index contributed by atoms with van der Waals surface area (Å²) in [5.41, 5.74) is 4.42. The Morgan fingerprint density at radius 3 is 2.38 bits per heavy atom. The van der Waals surface area contributed by atoms with Gasteiger partial charge in [-0.1, -0.05) is 25.6 Å². The van der Waals surface area contributed by atoms with E-state index in [0.717, 1.165) is 26.1 Å². The van der Waals surface area contributed by atoms with Gasteiger partial charge in [0.25, 0.3) is 0 Å². The van der Waals surface area contributed by atoms with Gasteiger partial charge in [0, 0.05) is 19.6 Å². The second-order valence-electron chi connectivity index (χ2n) is 7.10. The molecule has 1 aliphatic heterocycles. The number of carbonyl (C=O) groups excluding carboxylic acids is 1. The molecule has 1 rings (SSSR count). The number of likely N-dealkylation sites (tertiary alicyclic amines) is 1. The highest BCUT2D eigenvalue weighted by molar-refractivity contribution is 6.83. The van der Waals surface area contributed by atoms with E-state index >= 15 is 0 Å². The van der Waals surface area contributed by atoms with Crippen LogP contribution in [0.25, 0.3) is 0 Å². The van der Waals surface area contributed by atoms with Gasteiger partial charge in [-0.05, 0) is 45.8 Å². The van der Waals surface area contributed by atoms with Crippen molar-refractivity contribution in [2.45, 2.75) is 59.3 Å². The summed E-state index contributed by atoms with van der Waals surface area (Å²) in [5, 5.41) is 0. The maximum Gasteiger partial charge on any atom is 0.320 e. The van der Waals surface area contributed by atoms with Crippen LogP contribution in [0.1, 0.15) is 34.1 Å². The summed E-state index contributed by atoms with van der Waals surface area (Å²) < 4.78 is 0. The third kappa shape index (κ3) is 4.37. The molecule has 0 N–H and O–H groups in total. The molecule has 0 atom stereocenters. The molecular formula is C17H30N2OSi. The molecule has 0 aromatic rings. The monoisotopic (exact) mass is 306 g/mol. The van der Waals surface area contributed by atoms with E-state index in [1.807, 2.05) is 29.7 Å². The summed E-state index contributed by atoms with van der Waals surface area (Å²) >= 11 is 0. The maximum atomic E-state index is 12.6. The van der Waals surface area contributed by atoms with Crippen molar-refractivity contribution in [2.75, 3.05) is 19.6 Å². The van der Waals surface area contributed by atoms with Gasteiger partial charge in [0.15, 0.2) is 0 Å². The smallest absolute Gasteiger partial charge is 0.320 e. The Bertz CT molecular complexity index is 473. The van der Waals surface area contributed by atoms with Gasteiger partial charge in [-0.15, -0.1) is 5.54 Å². The summed E-state index contributed by atoms with van der Waals surface area (Å²) in [7, 11) is -1.34. The van der Waals surface area contributed by atoms with Gasteiger partial charge >= 0.3 is 6.03 Å². The van der Waals surface area contributed by atoms with Crippen molar-refractivity contribution >= 4 is 14.1 Å². The van der Waals surface area contributed by atoms with Crippen LogP contribution in [0.4, 0.5) is 4.79 Å². The molecule has 0 saturated carbocycles. The highest BCUT2D eigenvalue weighted by atomic mass is 28.3. The first-order valence-corrected chi connectivity index (χ1v) is 11.4. The summed E-state index contributed by atoms with van der Waals surface area (Å²) in [6, 6.07) is 0.145. The number of nitrogens with zero attached hydrogens (tertiary/aromatic N) is 2. The van der Waals surface area contributed by atoms with Gasteiger partial charge in [0.2, 0.25) is 0 Å². The van der Waals surface area contributed by atoms with Gasteiger partial charge < -0.3 is 9.80 Å². The lowest BCUT2D eigenvalue weighted by molar-refractivity contribution is 0.137. The van der Waals surface area contributed by atoms with E-state index in [1.54, 1.807) is 0 Å². The van der Waals surface area contributed by atoms with E-state index in [4.69, 9.17) is 0 Å². The zero-order valence-electron chi connectivity index (χ0n) is 14.7. The van der Waals surface area contributed by atoms with Crippen LogP contribution in [-0.4, -0.2) is 49.1 Å². The molecule has 0 bridgehead atoms. The minimum atomic E-state index is -1.34. The molecule has 1 aliphatic rings. The van der Waals surface area contributed by atoms with E-state index in [2.05, 4.69) is 45.0 Å². The first-order valence-electron chi connectivity index (χ1n) is 7.92. The van der Waals surface area contributed by atoms with E-state index < -0.39 is 8.07 Å². The number of hydrogen-bond acceptors (Lipinski definition) is 1. The standard InChI is InChI=1S/C17H30N2OSi/c1-8-18(9-2)16(20)19-13-12-15(17(19,3)4)11-10-14-21(5,6)7/h11H,8-9,12-13H2,1-7H3/b15-11+. The van der Waals surface area contributed by atoms with Gasteiger partial charge in [0.1, 0.15) is 8.07 Å². The molecule has 0 aliphatic carbocycles. The van der Waals surface area contributed by atoms with Crippen molar-refractivity contribution in [1.82, 2.24) is 9.80 Å². The Balaban J connectivity index is 2.94. The van der Waals surface area contributed by atoms with Gasteiger partial charge in [0.05, 0.1) is 5.54 Å². The van der Waals surface area contributed by atoms with Crippen LogP contribution < -0.4 is 0 Å². The fourth-order valence-corrected chi connectivity index (χ4v) is 3.08. The highest BCUT2D eigenvalue weighted by Crippen LogP contribution is 2.34. The summed E-state index contributed by atoms with van der Waals surface area (Å²) in [5.74, 6) is 3.24. The van der Waals surface area contributed by atoms with Crippen LogP contribution in [0.15, 0.2) is 11.6 Å². The van der Waals surface area contributed by atoms with E-state index in [-0.39, 0.29) is 11.6 Å². The van der Waals surface area contributed by atoms with Crippen molar-refractivity contribution < 1.29 is 4.79 Å². The third-order valence-corrected chi connectivity index (χ3v) is 4.92. The molecule has 0 unspecified atom stereocenters. The Labute approximate surface area is 131 Å². The van der Waals surface area contributed by atoms with Crippen LogP contribution in [0.5, 0.6) is 0 Å². The highest BCUT2D eigenvalue weighted by Gasteiger charge is 2.40. The van der Waals surface area contributed by atoms with Crippen molar-refractivity contribution in [3.05, 3.63) is 11.6 Å². The van der Waals surface area contributed by atoms with E-state index in [1.165, 1.54) is 5.57 Å². The summed E-state index contributed by atoms with van der Waals surface area (Å²) in [6.07, 6.45) is 2.98. The Kier molecular flexibility index (Phi) is 5.69. The topological polar surface area (TPSA) is 23.6 Å². The minimum Gasteiger partial charge on any atom is -0.325 e. The minimum absolute atomic E-state index is 0.145. The quantitative estimate of drug-likeness (QED) is 0.563. The second kappa shape index (κ2) is 6.70. The van der Waals surface area contributed by atoms with Crippen LogP contribution in [0.3, 0.4) is 0 Å². The van der Waals surface area contributed by atoms with Crippen LogP contribution in [-0.2, 0) is 0 Å². The fourth-order valence-electron chi connectivity index (χ4n) is 2.58. The predicted molar refractivity (Wildman–Crippen MR) is 92.9 cm³/mol. The predicted octanol–water partition coefficient (Wildman–Crippen LogP) is 3.74. The van der Waals surface area contributed by atoms with Crippen molar-refractivity contribution in [2.24, 2.45) is 0 Å². The molecule has 2 amide bonds. The molecule has 1 fully saturated rings.